The molecule has 1 aliphatic heterocycles. The van der Waals surface area contributed by atoms with E-state index in [9.17, 15) is 10.1 Å². The fourth-order valence-electron chi connectivity index (χ4n) is 2.06. The summed E-state index contributed by atoms with van der Waals surface area (Å²) in [7, 11) is 1.70. The van der Waals surface area contributed by atoms with E-state index in [0.29, 0.717) is 5.69 Å². The monoisotopic (exact) mass is 267 g/mol. The summed E-state index contributed by atoms with van der Waals surface area (Å²) >= 11 is 1.96. The first-order valence-corrected chi connectivity index (χ1v) is 7.11. The van der Waals surface area contributed by atoms with Gasteiger partial charge in [-0.1, -0.05) is 6.07 Å². The van der Waals surface area contributed by atoms with Crippen LogP contribution in [0.1, 0.15) is 5.56 Å². The summed E-state index contributed by atoms with van der Waals surface area (Å²) in [6.07, 6.45) is 0. The summed E-state index contributed by atoms with van der Waals surface area (Å²) in [6, 6.07) is 5.42. The number of nitrogens with one attached hydrogen (secondary N) is 1. The molecule has 0 spiro atoms. The maximum absolute atomic E-state index is 11.0. The summed E-state index contributed by atoms with van der Waals surface area (Å²) in [4.78, 5) is 13.0. The van der Waals surface area contributed by atoms with Crippen LogP contribution >= 0.6 is 11.8 Å². The van der Waals surface area contributed by atoms with Crippen LogP contribution in [0.5, 0.6) is 0 Å². The molecule has 1 aromatic rings. The van der Waals surface area contributed by atoms with Gasteiger partial charge in [-0.05, 0) is 11.6 Å². The highest BCUT2D eigenvalue weighted by Gasteiger charge is 2.16. The van der Waals surface area contributed by atoms with Crippen LogP contribution in [0.4, 0.5) is 11.4 Å². The van der Waals surface area contributed by atoms with Crippen molar-refractivity contribution in [3.63, 3.8) is 0 Å². The van der Waals surface area contributed by atoms with Gasteiger partial charge in [-0.15, -0.1) is 0 Å². The number of rotatable bonds is 4. The Labute approximate surface area is 111 Å². The number of hydrogen-bond acceptors (Lipinski definition) is 5. The van der Waals surface area contributed by atoms with E-state index in [1.54, 1.807) is 19.2 Å². The van der Waals surface area contributed by atoms with E-state index in [1.165, 1.54) is 0 Å². The van der Waals surface area contributed by atoms with Crippen LogP contribution in [-0.4, -0.2) is 41.5 Å². The zero-order valence-corrected chi connectivity index (χ0v) is 11.2. The summed E-state index contributed by atoms with van der Waals surface area (Å²) in [5, 5.41) is 13.8. The molecule has 1 aliphatic rings. The topological polar surface area (TPSA) is 58.4 Å². The van der Waals surface area contributed by atoms with Gasteiger partial charge in [0, 0.05) is 44.3 Å². The van der Waals surface area contributed by atoms with E-state index < -0.39 is 0 Å². The number of thioether (sulfide) groups is 1. The van der Waals surface area contributed by atoms with Crippen molar-refractivity contribution in [3.05, 3.63) is 33.9 Å². The third-order valence-corrected chi connectivity index (χ3v) is 3.98. The average Bonchev–Trinajstić information content (AvgIpc) is 2.40. The molecule has 18 heavy (non-hydrogen) atoms. The Balaban J connectivity index is 2.13. The highest BCUT2D eigenvalue weighted by atomic mass is 32.2. The molecule has 0 unspecified atom stereocenters. The molecule has 2 rings (SSSR count). The molecule has 1 N–H and O–H groups in total. The van der Waals surface area contributed by atoms with Gasteiger partial charge in [0.2, 0.25) is 0 Å². The number of nitro benzene ring substituents is 1. The second-order valence-electron chi connectivity index (χ2n) is 4.25. The summed E-state index contributed by atoms with van der Waals surface area (Å²) < 4.78 is 0. The smallest absolute Gasteiger partial charge is 0.292 e. The van der Waals surface area contributed by atoms with Crippen LogP contribution in [0.25, 0.3) is 0 Å². The third kappa shape index (κ3) is 3.14. The number of hydrogen-bond donors (Lipinski definition) is 1. The van der Waals surface area contributed by atoms with Crippen molar-refractivity contribution in [2.24, 2.45) is 0 Å². The maximum atomic E-state index is 11.0. The molecular formula is C12H17N3O2S. The summed E-state index contributed by atoms with van der Waals surface area (Å²) in [5.41, 5.74) is 1.73. The van der Waals surface area contributed by atoms with E-state index >= 15 is 0 Å². The van der Waals surface area contributed by atoms with Gasteiger partial charge in [0.25, 0.3) is 5.69 Å². The number of anilines is 1. The SMILES string of the molecule is CNc1ccc(CN2CCSCC2)cc1[N+](=O)[O-]. The van der Waals surface area contributed by atoms with Crippen LogP contribution in [0.15, 0.2) is 18.2 Å². The van der Waals surface area contributed by atoms with Crippen molar-refractivity contribution in [1.29, 1.82) is 0 Å². The fraction of sp³-hybridized carbons (Fsp3) is 0.500. The highest BCUT2D eigenvalue weighted by Crippen LogP contribution is 2.26. The Bertz CT molecular complexity index is 433. The molecule has 0 amide bonds. The standard InChI is InChI=1S/C12H17N3O2S/c1-13-11-3-2-10(8-12(11)15(16)17)9-14-4-6-18-7-5-14/h2-3,8,13H,4-7,9H2,1H3. The first-order valence-electron chi connectivity index (χ1n) is 5.96. The Hall–Kier alpha value is -1.27. The maximum Gasteiger partial charge on any atom is 0.292 e. The second-order valence-corrected chi connectivity index (χ2v) is 5.47. The Kier molecular flexibility index (Phi) is 4.43. The molecule has 0 saturated carbocycles. The van der Waals surface area contributed by atoms with E-state index in [4.69, 9.17) is 0 Å². The van der Waals surface area contributed by atoms with Gasteiger partial charge in [-0.3, -0.25) is 15.0 Å². The van der Waals surface area contributed by atoms with Gasteiger partial charge in [-0.2, -0.15) is 11.8 Å². The Morgan fingerprint density at radius 2 is 2.17 bits per heavy atom. The second kappa shape index (κ2) is 6.06. The van der Waals surface area contributed by atoms with E-state index in [2.05, 4.69) is 10.2 Å². The van der Waals surface area contributed by atoms with Crippen molar-refractivity contribution in [3.8, 4) is 0 Å². The van der Waals surface area contributed by atoms with Gasteiger partial charge in [0.1, 0.15) is 5.69 Å². The fourth-order valence-corrected chi connectivity index (χ4v) is 3.03. The molecule has 0 bridgehead atoms. The highest BCUT2D eigenvalue weighted by molar-refractivity contribution is 7.99. The van der Waals surface area contributed by atoms with Crippen molar-refractivity contribution >= 4 is 23.1 Å². The largest absolute Gasteiger partial charge is 0.383 e. The Morgan fingerprint density at radius 1 is 1.44 bits per heavy atom. The Morgan fingerprint density at radius 3 is 2.78 bits per heavy atom. The number of benzene rings is 1. The van der Waals surface area contributed by atoms with E-state index in [0.717, 1.165) is 36.7 Å². The predicted octanol–water partition coefficient (Wildman–Crippen LogP) is 2.19. The van der Waals surface area contributed by atoms with Crippen LogP contribution in [0.2, 0.25) is 0 Å². The molecule has 98 valence electrons. The molecule has 0 radical (unpaired) electrons. The molecule has 6 heteroatoms. The molecule has 0 atom stereocenters. The van der Waals surface area contributed by atoms with Crippen LogP contribution in [0.3, 0.4) is 0 Å². The van der Waals surface area contributed by atoms with Crippen LogP contribution in [-0.2, 0) is 6.54 Å². The van der Waals surface area contributed by atoms with Crippen LogP contribution < -0.4 is 5.32 Å². The normalized spacial score (nSPS) is 16.5. The van der Waals surface area contributed by atoms with Gasteiger partial charge in [-0.25, -0.2) is 0 Å². The molecule has 1 fully saturated rings. The quantitative estimate of drug-likeness (QED) is 0.669. The van der Waals surface area contributed by atoms with Crippen LogP contribution in [0, 0.1) is 10.1 Å². The zero-order chi connectivity index (χ0) is 13.0. The minimum Gasteiger partial charge on any atom is -0.383 e. The third-order valence-electron chi connectivity index (χ3n) is 3.04. The van der Waals surface area contributed by atoms with Gasteiger partial charge in [0.05, 0.1) is 4.92 Å². The lowest BCUT2D eigenvalue weighted by atomic mass is 10.1. The average molecular weight is 267 g/mol. The molecule has 1 aromatic carbocycles. The lowest BCUT2D eigenvalue weighted by Gasteiger charge is -2.26. The summed E-state index contributed by atoms with van der Waals surface area (Å²) in [5.74, 6) is 2.30. The van der Waals surface area contributed by atoms with Crippen molar-refractivity contribution in [1.82, 2.24) is 4.90 Å². The molecular weight excluding hydrogens is 250 g/mol. The minimum absolute atomic E-state index is 0.154. The lowest BCUT2D eigenvalue weighted by molar-refractivity contribution is -0.384. The first kappa shape index (κ1) is 13.2. The molecule has 0 aromatic heterocycles. The van der Waals surface area contributed by atoms with Crippen molar-refractivity contribution in [2.45, 2.75) is 6.54 Å². The summed E-state index contributed by atoms with van der Waals surface area (Å²) in [6.45, 7) is 2.92. The van der Waals surface area contributed by atoms with Gasteiger partial charge < -0.3 is 5.32 Å². The number of nitro groups is 1. The minimum atomic E-state index is -0.332. The molecule has 5 nitrogen and oxygen atoms in total. The number of nitrogens with zero attached hydrogens (tertiary/aromatic N) is 2. The van der Waals surface area contributed by atoms with Gasteiger partial charge in [0.15, 0.2) is 0 Å². The van der Waals surface area contributed by atoms with E-state index in [1.807, 2.05) is 17.8 Å². The lowest BCUT2D eigenvalue weighted by Crippen LogP contribution is -2.31. The predicted molar refractivity (Wildman–Crippen MR) is 75.2 cm³/mol. The van der Waals surface area contributed by atoms with Crippen molar-refractivity contribution < 1.29 is 4.92 Å². The van der Waals surface area contributed by atoms with Crippen molar-refractivity contribution in [2.75, 3.05) is 37.0 Å². The van der Waals surface area contributed by atoms with Gasteiger partial charge >= 0.3 is 0 Å². The first-order chi connectivity index (χ1) is 8.70. The zero-order valence-electron chi connectivity index (χ0n) is 10.4. The molecule has 0 aliphatic carbocycles. The molecule has 1 saturated heterocycles. The molecule has 1 heterocycles. The van der Waals surface area contributed by atoms with E-state index in [-0.39, 0.29) is 10.6 Å².